The van der Waals surface area contributed by atoms with Crippen molar-refractivity contribution < 1.29 is 9.53 Å². The molecule has 0 aliphatic carbocycles. The van der Waals surface area contributed by atoms with Gasteiger partial charge in [0.2, 0.25) is 0 Å². The number of amides is 1. The Morgan fingerprint density at radius 2 is 1.95 bits per heavy atom. The van der Waals surface area contributed by atoms with Crippen molar-refractivity contribution >= 4 is 39.3 Å². The Labute approximate surface area is 137 Å². The molecule has 0 aliphatic rings. The second-order valence-electron chi connectivity index (χ2n) is 4.44. The van der Waals surface area contributed by atoms with E-state index in [2.05, 4.69) is 21.2 Å². The van der Waals surface area contributed by atoms with Crippen molar-refractivity contribution in [3.05, 3.63) is 53.0 Å². The lowest BCUT2D eigenvalue weighted by Gasteiger charge is -2.15. The van der Waals surface area contributed by atoms with Crippen molar-refractivity contribution in [1.29, 1.82) is 0 Å². The average Bonchev–Trinajstić information content (AvgIpc) is 2.49. The molecule has 0 aliphatic heterocycles. The number of thioether (sulfide) groups is 1. The third-order valence-corrected chi connectivity index (χ3v) is 4.09. The van der Waals surface area contributed by atoms with Crippen LogP contribution in [0.1, 0.15) is 6.92 Å². The summed E-state index contributed by atoms with van der Waals surface area (Å²) >= 11 is 5.00. The second kappa shape index (κ2) is 7.52. The van der Waals surface area contributed by atoms with Crippen LogP contribution in [-0.2, 0) is 4.79 Å². The molecule has 21 heavy (non-hydrogen) atoms. The van der Waals surface area contributed by atoms with Crippen LogP contribution in [0.25, 0.3) is 0 Å². The van der Waals surface area contributed by atoms with E-state index in [1.165, 1.54) is 0 Å². The van der Waals surface area contributed by atoms with Crippen LogP contribution in [0.2, 0.25) is 0 Å². The summed E-state index contributed by atoms with van der Waals surface area (Å²) in [5.74, 6) is 0.495. The van der Waals surface area contributed by atoms with Gasteiger partial charge < -0.3 is 10.1 Å². The van der Waals surface area contributed by atoms with E-state index >= 15 is 0 Å². The molecule has 1 N–H and O–H groups in total. The minimum Gasteiger partial charge on any atom is -0.481 e. The number of hydrogen-bond acceptors (Lipinski definition) is 3. The van der Waals surface area contributed by atoms with Gasteiger partial charge in [0.1, 0.15) is 5.75 Å². The summed E-state index contributed by atoms with van der Waals surface area (Å²) in [5, 5.41) is 2.86. The van der Waals surface area contributed by atoms with Crippen molar-refractivity contribution in [2.24, 2.45) is 0 Å². The summed E-state index contributed by atoms with van der Waals surface area (Å²) in [5.41, 5.74) is 0.776. The second-order valence-corrected chi connectivity index (χ2v) is 6.23. The molecule has 2 rings (SSSR count). The maximum atomic E-state index is 12.1. The number of carbonyl (C=O) groups is 1. The Morgan fingerprint density at radius 3 is 2.62 bits per heavy atom. The summed E-state index contributed by atoms with van der Waals surface area (Å²) in [7, 11) is 0. The van der Waals surface area contributed by atoms with Gasteiger partial charge in [0.25, 0.3) is 5.91 Å². The van der Waals surface area contributed by atoms with Crippen LogP contribution >= 0.6 is 27.7 Å². The van der Waals surface area contributed by atoms with Crippen molar-refractivity contribution in [2.75, 3.05) is 11.6 Å². The Balaban J connectivity index is 1.97. The number of nitrogens with one attached hydrogen (secondary N) is 1. The van der Waals surface area contributed by atoms with Crippen molar-refractivity contribution in [1.82, 2.24) is 0 Å². The van der Waals surface area contributed by atoms with Gasteiger partial charge in [0.15, 0.2) is 6.10 Å². The van der Waals surface area contributed by atoms with Gasteiger partial charge in [-0.3, -0.25) is 4.79 Å². The predicted octanol–water partition coefficient (Wildman–Crippen LogP) is 4.58. The van der Waals surface area contributed by atoms with Gasteiger partial charge in [0.05, 0.1) is 0 Å². The number of hydrogen-bond donors (Lipinski definition) is 1. The van der Waals surface area contributed by atoms with Crippen molar-refractivity contribution in [2.45, 2.75) is 17.9 Å². The highest BCUT2D eigenvalue weighted by Crippen LogP contribution is 2.20. The van der Waals surface area contributed by atoms with Crippen LogP contribution in [0.3, 0.4) is 0 Å². The van der Waals surface area contributed by atoms with Gasteiger partial charge in [-0.15, -0.1) is 11.8 Å². The summed E-state index contributed by atoms with van der Waals surface area (Å²) in [6, 6.07) is 15.1. The van der Waals surface area contributed by atoms with Crippen LogP contribution in [0.15, 0.2) is 57.9 Å². The molecule has 0 heterocycles. The monoisotopic (exact) mass is 365 g/mol. The first-order valence-electron chi connectivity index (χ1n) is 6.45. The predicted molar refractivity (Wildman–Crippen MR) is 91.1 cm³/mol. The Bertz CT molecular complexity index is 616. The minimum atomic E-state index is -0.566. The van der Waals surface area contributed by atoms with E-state index in [1.807, 2.05) is 54.8 Å². The molecule has 0 saturated heterocycles. The Hall–Kier alpha value is -1.46. The number of anilines is 1. The zero-order valence-corrected chi connectivity index (χ0v) is 14.2. The lowest BCUT2D eigenvalue weighted by molar-refractivity contribution is -0.122. The van der Waals surface area contributed by atoms with Gasteiger partial charge >= 0.3 is 0 Å². The third-order valence-electron chi connectivity index (χ3n) is 2.83. The van der Waals surface area contributed by atoms with Crippen LogP contribution < -0.4 is 10.1 Å². The summed E-state index contributed by atoms with van der Waals surface area (Å²) in [6.07, 6.45) is 1.43. The molecule has 2 aromatic carbocycles. The molecule has 0 radical (unpaired) electrons. The zero-order chi connectivity index (χ0) is 15.2. The lowest BCUT2D eigenvalue weighted by Crippen LogP contribution is -2.30. The number of benzene rings is 2. The van der Waals surface area contributed by atoms with E-state index in [1.54, 1.807) is 18.7 Å². The Kier molecular flexibility index (Phi) is 5.70. The highest BCUT2D eigenvalue weighted by Gasteiger charge is 2.14. The molecular formula is C16H16BrNO2S. The fraction of sp³-hybridized carbons (Fsp3) is 0.188. The Morgan fingerprint density at radius 1 is 1.24 bits per heavy atom. The molecule has 3 nitrogen and oxygen atoms in total. The van der Waals surface area contributed by atoms with Crippen LogP contribution in [-0.4, -0.2) is 18.3 Å². The fourth-order valence-corrected chi connectivity index (χ4v) is 2.44. The summed E-state index contributed by atoms with van der Waals surface area (Å²) < 4.78 is 6.59. The SMILES string of the molecule is CSc1cccc(NC(=O)[C@H](C)Oc2ccc(Br)cc2)c1. The molecule has 0 spiro atoms. The molecule has 0 fully saturated rings. The molecule has 1 atom stereocenters. The average molecular weight is 366 g/mol. The first-order chi connectivity index (χ1) is 10.1. The van der Waals surface area contributed by atoms with Crippen molar-refractivity contribution in [3.8, 4) is 5.75 Å². The number of carbonyl (C=O) groups excluding carboxylic acids is 1. The van der Waals surface area contributed by atoms with Crippen LogP contribution in [0.5, 0.6) is 5.75 Å². The van der Waals surface area contributed by atoms with Crippen molar-refractivity contribution in [3.63, 3.8) is 0 Å². The highest BCUT2D eigenvalue weighted by molar-refractivity contribution is 9.10. The molecule has 0 aromatic heterocycles. The van der Waals surface area contributed by atoms with Crippen LogP contribution in [0, 0.1) is 0 Å². The summed E-state index contributed by atoms with van der Waals surface area (Å²) in [6.45, 7) is 1.73. The van der Waals surface area contributed by atoms with Gasteiger partial charge in [0, 0.05) is 15.1 Å². The molecule has 0 bridgehead atoms. The standard InChI is InChI=1S/C16H16BrNO2S/c1-11(20-14-8-6-12(17)7-9-14)16(19)18-13-4-3-5-15(10-13)21-2/h3-11H,1-2H3,(H,18,19)/t11-/m0/s1. The quantitative estimate of drug-likeness (QED) is 0.788. The van der Waals surface area contributed by atoms with Crippen LogP contribution in [0.4, 0.5) is 5.69 Å². The molecule has 110 valence electrons. The third kappa shape index (κ3) is 4.79. The first-order valence-corrected chi connectivity index (χ1v) is 8.47. The maximum Gasteiger partial charge on any atom is 0.265 e. The minimum absolute atomic E-state index is 0.170. The van der Waals surface area contributed by atoms with Gasteiger partial charge in [-0.1, -0.05) is 22.0 Å². The first kappa shape index (κ1) is 15.9. The smallest absolute Gasteiger partial charge is 0.265 e. The molecule has 0 unspecified atom stereocenters. The van der Waals surface area contributed by atoms with E-state index in [0.717, 1.165) is 15.1 Å². The summed E-state index contributed by atoms with van der Waals surface area (Å²) in [4.78, 5) is 13.2. The number of halogens is 1. The maximum absolute atomic E-state index is 12.1. The molecular weight excluding hydrogens is 350 g/mol. The highest BCUT2D eigenvalue weighted by atomic mass is 79.9. The van der Waals surface area contributed by atoms with Gasteiger partial charge in [-0.05, 0) is 55.6 Å². The number of rotatable bonds is 5. The van der Waals surface area contributed by atoms with E-state index in [0.29, 0.717) is 5.75 Å². The largest absolute Gasteiger partial charge is 0.481 e. The van der Waals surface area contributed by atoms with E-state index < -0.39 is 6.10 Å². The molecule has 2 aromatic rings. The topological polar surface area (TPSA) is 38.3 Å². The van der Waals surface area contributed by atoms with Gasteiger partial charge in [-0.25, -0.2) is 0 Å². The molecule has 5 heteroatoms. The van der Waals surface area contributed by atoms with Gasteiger partial charge in [-0.2, -0.15) is 0 Å². The zero-order valence-electron chi connectivity index (χ0n) is 11.8. The molecule has 0 saturated carbocycles. The van der Waals surface area contributed by atoms with E-state index in [4.69, 9.17) is 4.74 Å². The van der Waals surface area contributed by atoms with E-state index in [-0.39, 0.29) is 5.91 Å². The normalized spacial score (nSPS) is 11.8. The lowest BCUT2D eigenvalue weighted by atomic mass is 10.3. The van der Waals surface area contributed by atoms with E-state index in [9.17, 15) is 4.79 Å². The molecule has 1 amide bonds. The number of ether oxygens (including phenoxy) is 1. The fourth-order valence-electron chi connectivity index (χ4n) is 1.72.